The molecular formula is C17H25N3. The third kappa shape index (κ3) is 3.70. The van der Waals surface area contributed by atoms with E-state index in [9.17, 15) is 0 Å². The lowest BCUT2D eigenvalue weighted by molar-refractivity contribution is 0.458. The molecule has 0 fully saturated rings. The van der Waals surface area contributed by atoms with Crippen molar-refractivity contribution in [3.05, 3.63) is 54.1 Å². The largest absolute Gasteiger partial charge is 0.330 e. The Bertz CT molecular complexity index is 504. The van der Waals surface area contributed by atoms with E-state index in [2.05, 4.69) is 47.7 Å². The number of imidazole rings is 1. The van der Waals surface area contributed by atoms with Gasteiger partial charge in [0.15, 0.2) is 0 Å². The zero-order valence-corrected chi connectivity index (χ0v) is 12.5. The van der Waals surface area contributed by atoms with Gasteiger partial charge in [0.2, 0.25) is 0 Å². The van der Waals surface area contributed by atoms with Crippen molar-refractivity contribution in [2.75, 3.05) is 0 Å². The number of rotatable bonds is 7. The lowest BCUT2D eigenvalue weighted by atomic mass is 10.0. The Morgan fingerprint density at radius 3 is 2.70 bits per heavy atom. The summed E-state index contributed by atoms with van der Waals surface area (Å²) in [5, 5.41) is 0. The van der Waals surface area contributed by atoms with E-state index in [1.807, 2.05) is 18.6 Å². The minimum atomic E-state index is 0.00368. The Hall–Kier alpha value is -1.61. The van der Waals surface area contributed by atoms with Crippen LogP contribution in [0.5, 0.6) is 0 Å². The van der Waals surface area contributed by atoms with Gasteiger partial charge in [-0.2, -0.15) is 0 Å². The highest BCUT2D eigenvalue weighted by atomic mass is 15.1. The molecular weight excluding hydrogens is 246 g/mol. The molecule has 0 aliphatic carbocycles. The summed E-state index contributed by atoms with van der Waals surface area (Å²) in [6.07, 6.45) is 8.33. The number of nitrogens with zero attached hydrogens (tertiary/aromatic N) is 2. The molecule has 2 N–H and O–H groups in total. The maximum absolute atomic E-state index is 6.38. The van der Waals surface area contributed by atoms with Gasteiger partial charge >= 0.3 is 0 Å². The van der Waals surface area contributed by atoms with E-state index in [4.69, 9.17) is 5.73 Å². The van der Waals surface area contributed by atoms with Crippen LogP contribution in [0.3, 0.4) is 0 Å². The molecule has 1 heterocycles. The maximum Gasteiger partial charge on any atom is 0.0951 e. The van der Waals surface area contributed by atoms with E-state index in [0.29, 0.717) is 6.04 Å². The van der Waals surface area contributed by atoms with Crippen LogP contribution in [0.4, 0.5) is 0 Å². The summed E-state index contributed by atoms with van der Waals surface area (Å²) in [5.74, 6) is 0. The van der Waals surface area contributed by atoms with Crippen LogP contribution in [-0.4, -0.2) is 9.55 Å². The molecule has 0 amide bonds. The highest BCUT2D eigenvalue weighted by Crippen LogP contribution is 2.22. The molecule has 2 rings (SSSR count). The van der Waals surface area contributed by atoms with Crippen molar-refractivity contribution < 1.29 is 0 Å². The summed E-state index contributed by atoms with van der Waals surface area (Å²) in [6.45, 7) is 4.47. The smallest absolute Gasteiger partial charge is 0.0951 e. The number of aromatic nitrogens is 2. The Labute approximate surface area is 121 Å². The van der Waals surface area contributed by atoms with Gasteiger partial charge < -0.3 is 10.3 Å². The Morgan fingerprint density at radius 1 is 1.25 bits per heavy atom. The minimum absolute atomic E-state index is 0.00368. The second-order valence-electron chi connectivity index (χ2n) is 5.51. The molecule has 20 heavy (non-hydrogen) atoms. The fraction of sp³-hybridized carbons (Fsp3) is 0.471. The molecule has 2 aromatic rings. The predicted octanol–water partition coefficient (Wildman–Crippen LogP) is 3.88. The second-order valence-corrected chi connectivity index (χ2v) is 5.51. The molecule has 0 saturated heterocycles. The van der Waals surface area contributed by atoms with E-state index in [1.165, 1.54) is 24.8 Å². The van der Waals surface area contributed by atoms with E-state index >= 15 is 0 Å². The van der Waals surface area contributed by atoms with E-state index in [1.54, 1.807) is 0 Å². The first-order valence-corrected chi connectivity index (χ1v) is 7.53. The third-order valence-electron chi connectivity index (χ3n) is 3.82. The molecule has 1 unspecified atom stereocenters. The highest BCUT2D eigenvalue weighted by Gasteiger charge is 2.15. The summed E-state index contributed by atoms with van der Waals surface area (Å²) >= 11 is 0. The monoisotopic (exact) mass is 271 g/mol. The molecule has 0 radical (unpaired) electrons. The molecule has 1 aromatic carbocycles. The van der Waals surface area contributed by atoms with Crippen LogP contribution >= 0.6 is 0 Å². The lowest BCUT2D eigenvalue weighted by Crippen LogP contribution is -2.19. The summed E-state index contributed by atoms with van der Waals surface area (Å²) in [7, 11) is 0. The first-order valence-electron chi connectivity index (χ1n) is 7.53. The van der Waals surface area contributed by atoms with Crippen LogP contribution in [0.15, 0.2) is 42.9 Å². The van der Waals surface area contributed by atoms with E-state index in [-0.39, 0.29) is 6.04 Å². The standard InChI is InChI=1S/C17H25N3/c1-3-4-8-14(2)20-13-19-12-17(20)16(18)11-15-9-6-5-7-10-15/h5-7,9-10,12-14,16H,3-4,8,11,18H2,1-2H3/t14?,16-/m1/s1. The highest BCUT2D eigenvalue weighted by molar-refractivity contribution is 5.18. The van der Waals surface area contributed by atoms with Gasteiger partial charge in [0.05, 0.1) is 18.1 Å². The molecule has 0 spiro atoms. The molecule has 1 aromatic heterocycles. The number of unbranched alkanes of at least 4 members (excludes halogenated alkanes) is 1. The average Bonchev–Trinajstić information content (AvgIpc) is 2.95. The van der Waals surface area contributed by atoms with Gasteiger partial charge in [0, 0.05) is 12.2 Å². The molecule has 3 nitrogen and oxygen atoms in total. The van der Waals surface area contributed by atoms with Crippen molar-refractivity contribution in [2.45, 2.75) is 51.6 Å². The lowest BCUT2D eigenvalue weighted by Gasteiger charge is -2.20. The summed E-state index contributed by atoms with van der Waals surface area (Å²) in [5.41, 5.74) is 8.79. The molecule has 0 aliphatic rings. The van der Waals surface area contributed by atoms with Gasteiger partial charge in [0.25, 0.3) is 0 Å². The Balaban J connectivity index is 2.07. The van der Waals surface area contributed by atoms with Crippen LogP contribution in [0.25, 0.3) is 0 Å². The molecule has 0 aliphatic heterocycles. The number of hydrogen-bond donors (Lipinski definition) is 1. The predicted molar refractivity (Wildman–Crippen MR) is 83.5 cm³/mol. The Morgan fingerprint density at radius 2 is 2.00 bits per heavy atom. The van der Waals surface area contributed by atoms with Gasteiger partial charge in [-0.25, -0.2) is 4.98 Å². The van der Waals surface area contributed by atoms with E-state index < -0.39 is 0 Å². The van der Waals surface area contributed by atoms with Crippen molar-refractivity contribution in [1.29, 1.82) is 0 Å². The van der Waals surface area contributed by atoms with Crippen molar-refractivity contribution in [3.8, 4) is 0 Å². The fourth-order valence-electron chi connectivity index (χ4n) is 2.58. The normalized spacial score (nSPS) is 14.2. The van der Waals surface area contributed by atoms with Crippen molar-refractivity contribution >= 4 is 0 Å². The number of hydrogen-bond acceptors (Lipinski definition) is 2. The van der Waals surface area contributed by atoms with Crippen LogP contribution in [0, 0.1) is 0 Å². The Kier molecular flexibility index (Phi) is 5.36. The van der Waals surface area contributed by atoms with Crippen molar-refractivity contribution in [2.24, 2.45) is 5.73 Å². The van der Waals surface area contributed by atoms with Crippen molar-refractivity contribution in [3.63, 3.8) is 0 Å². The number of nitrogens with two attached hydrogens (primary N) is 1. The summed E-state index contributed by atoms with van der Waals surface area (Å²) in [4.78, 5) is 4.30. The van der Waals surface area contributed by atoms with Gasteiger partial charge in [-0.15, -0.1) is 0 Å². The van der Waals surface area contributed by atoms with Crippen LogP contribution < -0.4 is 5.73 Å². The summed E-state index contributed by atoms with van der Waals surface area (Å²) < 4.78 is 2.24. The first kappa shape index (κ1) is 14.8. The third-order valence-corrected chi connectivity index (χ3v) is 3.82. The molecule has 2 atom stereocenters. The molecule has 108 valence electrons. The van der Waals surface area contributed by atoms with E-state index in [0.717, 1.165) is 12.1 Å². The van der Waals surface area contributed by atoms with Crippen LogP contribution in [0.1, 0.15) is 56.5 Å². The zero-order chi connectivity index (χ0) is 14.4. The van der Waals surface area contributed by atoms with Gasteiger partial charge in [-0.3, -0.25) is 0 Å². The van der Waals surface area contributed by atoms with Crippen LogP contribution in [-0.2, 0) is 6.42 Å². The number of benzene rings is 1. The fourth-order valence-corrected chi connectivity index (χ4v) is 2.58. The first-order chi connectivity index (χ1) is 9.72. The van der Waals surface area contributed by atoms with Crippen LogP contribution in [0.2, 0.25) is 0 Å². The quantitative estimate of drug-likeness (QED) is 0.830. The second kappa shape index (κ2) is 7.25. The average molecular weight is 271 g/mol. The SMILES string of the molecule is CCCCC(C)n1cncc1[C@H](N)Cc1ccccc1. The van der Waals surface area contributed by atoms with Crippen molar-refractivity contribution in [1.82, 2.24) is 9.55 Å². The maximum atomic E-state index is 6.38. The molecule has 3 heteroatoms. The summed E-state index contributed by atoms with van der Waals surface area (Å²) in [6, 6.07) is 10.9. The zero-order valence-electron chi connectivity index (χ0n) is 12.5. The topological polar surface area (TPSA) is 43.8 Å². The van der Waals surface area contributed by atoms with Gasteiger partial charge in [-0.1, -0.05) is 50.1 Å². The van der Waals surface area contributed by atoms with Gasteiger partial charge in [0.1, 0.15) is 0 Å². The molecule has 0 saturated carbocycles. The molecule has 0 bridgehead atoms. The minimum Gasteiger partial charge on any atom is -0.330 e. The van der Waals surface area contributed by atoms with Gasteiger partial charge in [-0.05, 0) is 25.3 Å².